The molecule has 0 N–H and O–H groups in total. The highest BCUT2D eigenvalue weighted by Gasteiger charge is 1.94. The SMILES string of the molecule is CC/C(=C\c1ccc(C)s1)N=[N+]=[N-]. The maximum absolute atomic E-state index is 8.27. The second kappa shape index (κ2) is 4.70. The number of rotatable bonds is 3. The minimum atomic E-state index is 0.765. The van der Waals surface area contributed by atoms with Gasteiger partial charge < -0.3 is 0 Å². The number of nitrogens with zero attached hydrogens (tertiary/aromatic N) is 3. The van der Waals surface area contributed by atoms with Crippen LogP contribution in [0.3, 0.4) is 0 Å². The van der Waals surface area contributed by atoms with Gasteiger partial charge in [-0.2, -0.15) is 0 Å². The summed E-state index contributed by atoms with van der Waals surface area (Å²) in [6.45, 7) is 4.03. The lowest BCUT2D eigenvalue weighted by molar-refractivity contribution is 1.07. The smallest absolute Gasteiger partial charge is 0.0274 e. The number of thiophene rings is 1. The molecule has 68 valence electrons. The molecule has 13 heavy (non-hydrogen) atoms. The Labute approximate surface area is 81.3 Å². The summed E-state index contributed by atoms with van der Waals surface area (Å²) in [7, 11) is 0. The van der Waals surface area contributed by atoms with Crippen molar-refractivity contribution in [3.8, 4) is 0 Å². The lowest BCUT2D eigenvalue weighted by Gasteiger charge is -1.91. The summed E-state index contributed by atoms with van der Waals surface area (Å²) >= 11 is 1.70. The Kier molecular flexibility index (Phi) is 3.55. The Balaban J connectivity index is 2.90. The maximum atomic E-state index is 8.27. The highest BCUT2D eigenvalue weighted by molar-refractivity contribution is 7.12. The first-order valence-electron chi connectivity index (χ1n) is 4.08. The van der Waals surface area contributed by atoms with Crippen LogP contribution in [0.5, 0.6) is 0 Å². The summed E-state index contributed by atoms with van der Waals surface area (Å²) in [6.07, 6.45) is 2.69. The largest absolute Gasteiger partial charge is 0.141 e. The van der Waals surface area contributed by atoms with Crippen LogP contribution in [-0.2, 0) is 0 Å². The van der Waals surface area contributed by atoms with Gasteiger partial charge in [0.15, 0.2) is 0 Å². The van der Waals surface area contributed by atoms with Gasteiger partial charge in [0.05, 0.1) is 0 Å². The van der Waals surface area contributed by atoms with Gasteiger partial charge in [0.2, 0.25) is 0 Å². The zero-order chi connectivity index (χ0) is 9.68. The molecule has 0 saturated carbocycles. The minimum Gasteiger partial charge on any atom is -0.141 e. The monoisotopic (exact) mass is 193 g/mol. The van der Waals surface area contributed by atoms with E-state index in [2.05, 4.69) is 23.0 Å². The van der Waals surface area contributed by atoms with Crippen molar-refractivity contribution >= 4 is 17.4 Å². The van der Waals surface area contributed by atoms with Crippen molar-refractivity contribution in [3.05, 3.63) is 38.0 Å². The van der Waals surface area contributed by atoms with E-state index in [1.54, 1.807) is 11.3 Å². The molecule has 0 unspecified atom stereocenters. The summed E-state index contributed by atoms with van der Waals surface area (Å²) in [5, 5.41) is 3.60. The third-order valence-electron chi connectivity index (χ3n) is 1.61. The van der Waals surface area contributed by atoms with E-state index in [1.807, 2.05) is 19.1 Å². The Hall–Kier alpha value is -1.25. The van der Waals surface area contributed by atoms with Crippen molar-refractivity contribution in [2.45, 2.75) is 20.3 Å². The fourth-order valence-corrected chi connectivity index (χ4v) is 1.79. The first-order chi connectivity index (χ1) is 6.26. The normalized spacial score (nSPS) is 11.1. The molecule has 1 aromatic heterocycles. The topological polar surface area (TPSA) is 48.8 Å². The molecule has 0 spiro atoms. The Morgan fingerprint density at radius 3 is 2.92 bits per heavy atom. The molecule has 0 aliphatic carbocycles. The average molecular weight is 193 g/mol. The van der Waals surface area contributed by atoms with Gasteiger partial charge in [0.1, 0.15) is 0 Å². The fourth-order valence-electron chi connectivity index (χ4n) is 0.954. The standard InChI is InChI=1S/C9H11N3S/c1-3-8(11-12-10)6-9-5-4-7(2)13-9/h4-6H,3H2,1-2H3/b8-6+. The van der Waals surface area contributed by atoms with Crippen LogP contribution in [0.25, 0.3) is 16.5 Å². The van der Waals surface area contributed by atoms with E-state index in [0.29, 0.717) is 0 Å². The van der Waals surface area contributed by atoms with Crippen molar-refractivity contribution in [3.63, 3.8) is 0 Å². The highest BCUT2D eigenvalue weighted by atomic mass is 32.1. The van der Waals surface area contributed by atoms with Crippen LogP contribution in [0.1, 0.15) is 23.1 Å². The molecule has 0 fully saturated rings. The van der Waals surface area contributed by atoms with Crippen LogP contribution >= 0.6 is 11.3 Å². The molecule has 0 bridgehead atoms. The summed E-state index contributed by atoms with van der Waals surface area (Å²) in [5.41, 5.74) is 9.05. The molecular weight excluding hydrogens is 182 g/mol. The number of aryl methyl sites for hydroxylation is 1. The summed E-state index contributed by atoms with van der Waals surface area (Å²) < 4.78 is 0. The van der Waals surface area contributed by atoms with E-state index in [9.17, 15) is 0 Å². The second-order valence-electron chi connectivity index (χ2n) is 2.63. The second-order valence-corrected chi connectivity index (χ2v) is 3.95. The predicted octanol–water partition coefficient (Wildman–Crippen LogP) is 4.12. The van der Waals surface area contributed by atoms with Crippen LogP contribution in [0.4, 0.5) is 0 Å². The van der Waals surface area contributed by atoms with Crippen molar-refractivity contribution in [1.82, 2.24) is 0 Å². The van der Waals surface area contributed by atoms with Gasteiger partial charge in [-0.05, 0) is 37.1 Å². The molecule has 0 amide bonds. The molecular formula is C9H11N3S. The lowest BCUT2D eigenvalue weighted by Crippen LogP contribution is -1.70. The molecule has 3 nitrogen and oxygen atoms in total. The molecule has 1 heterocycles. The van der Waals surface area contributed by atoms with Crippen LogP contribution in [-0.4, -0.2) is 0 Å². The minimum absolute atomic E-state index is 0.765. The molecule has 0 aliphatic rings. The van der Waals surface area contributed by atoms with Gasteiger partial charge >= 0.3 is 0 Å². The van der Waals surface area contributed by atoms with Crippen LogP contribution in [0.15, 0.2) is 22.9 Å². The first kappa shape index (κ1) is 9.84. The van der Waals surface area contributed by atoms with Crippen molar-refractivity contribution in [2.24, 2.45) is 5.11 Å². The first-order valence-corrected chi connectivity index (χ1v) is 4.90. The molecule has 1 rings (SSSR count). The zero-order valence-corrected chi connectivity index (χ0v) is 8.51. The third kappa shape index (κ3) is 2.93. The van der Waals surface area contributed by atoms with Crippen LogP contribution < -0.4 is 0 Å². The third-order valence-corrected chi connectivity index (χ3v) is 2.55. The molecule has 0 radical (unpaired) electrons. The summed E-state index contributed by atoms with van der Waals surface area (Å²) in [4.78, 5) is 5.18. The molecule has 0 aromatic carbocycles. The average Bonchev–Trinajstić information content (AvgIpc) is 2.50. The number of azide groups is 1. The molecule has 4 heteroatoms. The molecule has 0 aliphatic heterocycles. The number of allylic oxidation sites excluding steroid dienone is 1. The molecule has 0 atom stereocenters. The Morgan fingerprint density at radius 1 is 1.69 bits per heavy atom. The van der Waals surface area contributed by atoms with E-state index in [-0.39, 0.29) is 0 Å². The van der Waals surface area contributed by atoms with Gasteiger partial charge in [-0.15, -0.1) is 11.3 Å². The summed E-state index contributed by atoms with van der Waals surface area (Å²) in [6, 6.07) is 4.09. The van der Waals surface area contributed by atoms with Crippen LogP contribution in [0, 0.1) is 6.92 Å². The van der Waals surface area contributed by atoms with E-state index in [1.165, 1.54) is 4.88 Å². The number of hydrogen-bond acceptors (Lipinski definition) is 2. The Morgan fingerprint density at radius 2 is 2.46 bits per heavy atom. The molecule has 1 aromatic rings. The van der Waals surface area contributed by atoms with Gasteiger partial charge in [0.25, 0.3) is 0 Å². The number of hydrogen-bond donors (Lipinski definition) is 0. The van der Waals surface area contributed by atoms with E-state index < -0.39 is 0 Å². The van der Waals surface area contributed by atoms with E-state index >= 15 is 0 Å². The Bertz CT molecular complexity index is 359. The van der Waals surface area contributed by atoms with E-state index in [0.717, 1.165) is 17.0 Å². The van der Waals surface area contributed by atoms with Gasteiger partial charge in [-0.1, -0.05) is 12.0 Å². The lowest BCUT2D eigenvalue weighted by atomic mass is 10.3. The van der Waals surface area contributed by atoms with Gasteiger partial charge in [-0.25, -0.2) is 0 Å². The van der Waals surface area contributed by atoms with Crippen molar-refractivity contribution in [1.29, 1.82) is 0 Å². The quantitative estimate of drug-likeness (QED) is 0.394. The van der Waals surface area contributed by atoms with Crippen LogP contribution in [0.2, 0.25) is 0 Å². The predicted molar refractivity (Wildman–Crippen MR) is 56.5 cm³/mol. The van der Waals surface area contributed by atoms with Gasteiger partial charge in [-0.3, -0.25) is 0 Å². The summed E-state index contributed by atoms with van der Waals surface area (Å²) in [5.74, 6) is 0. The van der Waals surface area contributed by atoms with Crippen molar-refractivity contribution < 1.29 is 0 Å². The maximum Gasteiger partial charge on any atom is 0.0274 e. The zero-order valence-electron chi connectivity index (χ0n) is 7.69. The highest BCUT2D eigenvalue weighted by Crippen LogP contribution is 2.19. The van der Waals surface area contributed by atoms with Gasteiger partial charge in [0, 0.05) is 20.4 Å². The van der Waals surface area contributed by atoms with E-state index in [4.69, 9.17) is 5.53 Å². The van der Waals surface area contributed by atoms with Crippen molar-refractivity contribution in [2.75, 3.05) is 0 Å². The fraction of sp³-hybridized carbons (Fsp3) is 0.333. The molecule has 0 saturated heterocycles.